The van der Waals surface area contributed by atoms with Crippen LogP contribution in [0.5, 0.6) is 0 Å². The molecule has 0 amide bonds. The molecule has 2 heteroatoms. The molecule has 0 radical (unpaired) electrons. The second-order valence-corrected chi connectivity index (χ2v) is 4.55. The third-order valence-electron chi connectivity index (χ3n) is 3.39. The number of nitrogens with two attached hydrogens (primary N) is 1. The van der Waals surface area contributed by atoms with Gasteiger partial charge in [0.1, 0.15) is 0 Å². The SMILES string of the molecule is COCCCCCC(N)C1CCCC1. The summed E-state index contributed by atoms with van der Waals surface area (Å²) in [6.07, 6.45) is 10.5. The van der Waals surface area contributed by atoms with Crippen LogP contribution in [0, 0.1) is 5.92 Å². The first-order chi connectivity index (χ1) is 6.84. The van der Waals surface area contributed by atoms with E-state index in [2.05, 4.69) is 0 Å². The third kappa shape index (κ3) is 4.43. The predicted molar refractivity (Wildman–Crippen MR) is 60.3 cm³/mol. The Kier molecular flexibility index (Phi) is 6.20. The summed E-state index contributed by atoms with van der Waals surface area (Å²) >= 11 is 0. The van der Waals surface area contributed by atoms with Gasteiger partial charge in [-0.25, -0.2) is 0 Å². The molecule has 2 nitrogen and oxygen atoms in total. The summed E-state index contributed by atoms with van der Waals surface area (Å²) in [5.41, 5.74) is 6.16. The molecule has 0 aromatic heterocycles. The van der Waals surface area contributed by atoms with Crippen LogP contribution in [0.3, 0.4) is 0 Å². The van der Waals surface area contributed by atoms with Crippen LogP contribution in [0.15, 0.2) is 0 Å². The lowest BCUT2D eigenvalue weighted by atomic mass is 9.94. The zero-order valence-electron chi connectivity index (χ0n) is 9.50. The third-order valence-corrected chi connectivity index (χ3v) is 3.39. The quantitative estimate of drug-likeness (QED) is 0.640. The maximum atomic E-state index is 6.16. The lowest BCUT2D eigenvalue weighted by molar-refractivity contribution is 0.191. The van der Waals surface area contributed by atoms with Crippen molar-refractivity contribution in [3.8, 4) is 0 Å². The van der Waals surface area contributed by atoms with Gasteiger partial charge in [-0.2, -0.15) is 0 Å². The van der Waals surface area contributed by atoms with Crippen molar-refractivity contribution in [2.45, 2.75) is 57.4 Å². The van der Waals surface area contributed by atoms with Crippen molar-refractivity contribution in [1.29, 1.82) is 0 Å². The highest BCUT2D eigenvalue weighted by molar-refractivity contribution is 4.77. The van der Waals surface area contributed by atoms with Crippen LogP contribution in [0.25, 0.3) is 0 Å². The van der Waals surface area contributed by atoms with E-state index in [1.54, 1.807) is 7.11 Å². The number of hydrogen-bond acceptors (Lipinski definition) is 2. The summed E-state index contributed by atoms with van der Waals surface area (Å²) < 4.78 is 5.02. The largest absolute Gasteiger partial charge is 0.385 e. The van der Waals surface area contributed by atoms with Crippen molar-refractivity contribution >= 4 is 0 Å². The molecule has 0 aromatic carbocycles. The molecule has 1 saturated carbocycles. The molecule has 14 heavy (non-hydrogen) atoms. The zero-order chi connectivity index (χ0) is 10.2. The predicted octanol–water partition coefficient (Wildman–Crippen LogP) is 2.71. The van der Waals surface area contributed by atoms with Gasteiger partial charge in [-0.15, -0.1) is 0 Å². The Labute approximate surface area is 88.2 Å². The Bertz CT molecular complexity index is 132. The van der Waals surface area contributed by atoms with Crippen molar-refractivity contribution in [3.05, 3.63) is 0 Å². The minimum atomic E-state index is 0.472. The number of ether oxygens (including phenoxy) is 1. The molecule has 0 heterocycles. The minimum absolute atomic E-state index is 0.472. The molecule has 1 atom stereocenters. The number of rotatable bonds is 7. The van der Waals surface area contributed by atoms with Crippen LogP contribution < -0.4 is 5.73 Å². The van der Waals surface area contributed by atoms with Crippen molar-refractivity contribution in [2.75, 3.05) is 13.7 Å². The Balaban J connectivity index is 1.94. The molecular formula is C12H25NO. The first kappa shape index (κ1) is 12.0. The molecule has 0 spiro atoms. The highest BCUT2D eigenvalue weighted by Crippen LogP contribution is 2.28. The molecule has 0 aliphatic heterocycles. The number of hydrogen-bond donors (Lipinski definition) is 1. The second-order valence-electron chi connectivity index (χ2n) is 4.55. The molecule has 0 saturated heterocycles. The van der Waals surface area contributed by atoms with Gasteiger partial charge in [0.2, 0.25) is 0 Å². The van der Waals surface area contributed by atoms with Gasteiger partial charge in [0, 0.05) is 19.8 Å². The summed E-state index contributed by atoms with van der Waals surface area (Å²) in [5.74, 6) is 0.831. The number of methoxy groups -OCH3 is 1. The molecule has 1 unspecified atom stereocenters. The monoisotopic (exact) mass is 199 g/mol. The normalized spacial score (nSPS) is 20.1. The van der Waals surface area contributed by atoms with E-state index in [0.717, 1.165) is 12.5 Å². The molecule has 2 N–H and O–H groups in total. The Hall–Kier alpha value is -0.0800. The molecular weight excluding hydrogens is 174 g/mol. The molecule has 1 fully saturated rings. The average molecular weight is 199 g/mol. The lowest BCUT2D eigenvalue weighted by Crippen LogP contribution is -2.28. The van der Waals surface area contributed by atoms with Crippen LogP contribution in [0.2, 0.25) is 0 Å². The van der Waals surface area contributed by atoms with Crippen LogP contribution in [-0.4, -0.2) is 19.8 Å². The van der Waals surface area contributed by atoms with Crippen LogP contribution in [0.4, 0.5) is 0 Å². The van der Waals surface area contributed by atoms with Crippen LogP contribution >= 0.6 is 0 Å². The first-order valence-corrected chi connectivity index (χ1v) is 6.09. The van der Waals surface area contributed by atoms with Crippen molar-refractivity contribution in [2.24, 2.45) is 11.7 Å². The van der Waals surface area contributed by atoms with Crippen molar-refractivity contribution in [1.82, 2.24) is 0 Å². The summed E-state index contributed by atoms with van der Waals surface area (Å²) in [6.45, 7) is 0.901. The van der Waals surface area contributed by atoms with Crippen LogP contribution in [0.1, 0.15) is 51.4 Å². The summed E-state index contributed by atoms with van der Waals surface area (Å²) in [5, 5.41) is 0. The fourth-order valence-corrected chi connectivity index (χ4v) is 2.42. The Morgan fingerprint density at radius 3 is 2.57 bits per heavy atom. The lowest BCUT2D eigenvalue weighted by Gasteiger charge is -2.18. The van der Waals surface area contributed by atoms with E-state index in [0.29, 0.717) is 6.04 Å². The van der Waals surface area contributed by atoms with Crippen LogP contribution in [-0.2, 0) is 4.74 Å². The van der Waals surface area contributed by atoms with Crippen molar-refractivity contribution in [3.63, 3.8) is 0 Å². The van der Waals surface area contributed by atoms with Gasteiger partial charge >= 0.3 is 0 Å². The Morgan fingerprint density at radius 1 is 1.21 bits per heavy atom. The standard InChI is InChI=1S/C12H25NO/c1-14-10-6-2-3-9-12(13)11-7-4-5-8-11/h11-12H,2-10,13H2,1H3. The summed E-state index contributed by atoms with van der Waals surface area (Å²) in [4.78, 5) is 0. The number of unbranched alkanes of at least 4 members (excludes halogenated alkanes) is 2. The van der Waals surface area contributed by atoms with E-state index >= 15 is 0 Å². The summed E-state index contributed by atoms with van der Waals surface area (Å²) in [6, 6.07) is 0.472. The van der Waals surface area contributed by atoms with Gasteiger partial charge in [0.25, 0.3) is 0 Å². The minimum Gasteiger partial charge on any atom is -0.385 e. The van der Waals surface area contributed by atoms with Gasteiger partial charge in [0.05, 0.1) is 0 Å². The van der Waals surface area contributed by atoms with E-state index in [-0.39, 0.29) is 0 Å². The zero-order valence-corrected chi connectivity index (χ0v) is 9.50. The maximum Gasteiger partial charge on any atom is 0.0462 e. The molecule has 0 aromatic rings. The Morgan fingerprint density at radius 2 is 1.93 bits per heavy atom. The summed E-state index contributed by atoms with van der Waals surface area (Å²) in [7, 11) is 1.77. The fraction of sp³-hybridized carbons (Fsp3) is 1.00. The topological polar surface area (TPSA) is 35.2 Å². The van der Waals surface area contributed by atoms with Gasteiger partial charge in [-0.1, -0.05) is 25.7 Å². The second kappa shape index (κ2) is 7.24. The van der Waals surface area contributed by atoms with E-state index in [1.165, 1.54) is 51.4 Å². The maximum absolute atomic E-state index is 6.16. The van der Waals surface area contributed by atoms with Crippen molar-refractivity contribution < 1.29 is 4.74 Å². The average Bonchev–Trinajstić information content (AvgIpc) is 2.70. The van der Waals surface area contributed by atoms with E-state index < -0.39 is 0 Å². The highest BCUT2D eigenvalue weighted by atomic mass is 16.5. The molecule has 1 aliphatic carbocycles. The van der Waals surface area contributed by atoms with E-state index in [1.807, 2.05) is 0 Å². The van der Waals surface area contributed by atoms with Gasteiger partial charge in [-0.3, -0.25) is 0 Å². The van der Waals surface area contributed by atoms with Gasteiger partial charge in [-0.05, 0) is 31.6 Å². The first-order valence-electron chi connectivity index (χ1n) is 6.09. The fourth-order valence-electron chi connectivity index (χ4n) is 2.42. The van der Waals surface area contributed by atoms with Gasteiger partial charge < -0.3 is 10.5 Å². The molecule has 1 aliphatic rings. The van der Waals surface area contributed by atoms with E-state index in [4.69, 9.17) is 10.5 Å². The molecule has 1 rings (SSSR count). The van der Waals surface area contributed by atoms with E-state index in [9.17, 15) is 0 Å². The molecule has 84 valence electrons. The highest BCUT2D eigenvalue weighted by Gasteiger charge is 2.21. The molecule has 0 bridgehead atoms. The van der Waals surface area contributed by atoms with Gasteiger partial charge in [0.15, 0.2) is 0 Å². The smallest absolute Gasteiger partial charge is 0.0462 e.